The maximum Gasteiger partial charge on any atom is 0.310 e. The van der Waals surface area contributed by atoms with E-state index in [0.29, 0.717) is 6.07 Å². The molecule has 0 radical (unpaired) electrons. The number of aromatic amines is 1. The van der Waals surface area contributed by atoms with Crippen molar-refractivity contribution in [3.63, 3.8) is 0 Å². The first-order valence-corrected chi connectivity index (χ1v) is 11.9. The fourth-order valence-corrected chi connectivity index (χ4v) is 5.69. The molecule has 1 aliphatic rings. The number of carbonyl (C=O) groups is 1. The zero-order valence-electron chi connectivity index (χ0n) is 15.7. The van der Waals surface area contributed by atoms with Crippen LogP contribution >= 0.6 is 10.2 Å². The van der Waals surface area contributed by atoms with Gasteiger partial charge in [-0.2, -0.15) is 4.31 Å². The quantitative estimate of drug-likeness (QED) is 0.684. The van der Waals surface area contributed by atoms with E-state index in [4.69, 9.17) is 0 Å². The molecule has 2 heterocycles. The normalized spacial score (nSPS) is 23.6. The van der Waals surface area contributed by atoms with E-state index in [1.165, 1.54) is 18.0 Å². The lowest BCUT2D eigenvalue weighted by Crippen LogP contribution is -2.59. The molecule has 1 aliphatic heterocycles. The Morgan fingerprint density at radius 2 is 1.80 bits per heavy atom. The van der Waals surface area contributed by atoms with Gasteiger partial charge in [0, 0.05) is 25.2 Å². The van der Waals surface area contributed by atoms with Gasteiger partial charge in [-0.15, -0.1) is 5.10 Å². The zero-order valence-corrected chi connectivity index (χ0v) is 17.3. The van der Waals surface area contributed by atoms with Crippen molar-refractivity contribution in [2.45, 2.75) is 35.7 Å². The van der Waals surface area contributed by atoms with E-state index in [1.54, 1.807) is 6.92 Å². The van der Waals surface area contributed by atoms with Gasteiger partial charge in [0.15, 0.2) is 5.69 Å². The first-order chi connectivity index (χ1) is 13.5. The average Bonchev–Trinajstić information content (AvgIpc) is 3.15. The molecule has 1 fully saturated rings. The van der Waals surface area contributed by atoms with Crippen LogP contribution in [-0.2, 0) is 10.0 Å². The number of carbonyl (C=O) groups excluding carboxylic acids is 1. The van der Waals surface area contributed by atoms with E-state index in [0.717, 1.165) is 10.4 Å². The average molecular weight is 475 g/mol. The molecule has 0 unspecified atom stereocenters. The number of nitrogens with one attached hydrogen (secondary N) is 1. The van der Waals surface area contributed by atoms with Gasteiger partial charge in [0.1, 0.15) is 4.90 Å². The molecule has 3 rings (SSSR count). The van der Waals surface area contributed by atoms with Gasteiger partial charge in [-0.25, -0.2) is 8.42 Å². The number of hydrogen-bond donors (Lipinski definition) is 1. The minimum atomic E-state index is -10.0. The molecule has 0 saturated carbocycles. The van der Waals surface area contributed by atoms with Crippen LogP contribution in [-0.4, -0.2) is 64.1 Å². The van der Waals surface area contributed by atoms with E-state index in [9.17, 15) is 32.6 Å². The van der Waals surface area contributed by atoms with Gasteiger partial charge >= 0.3 is 10.2 Å². The summed E-state index contributed by atoms with van der Waals surface area (Å²) >= 11 is 0. The Bertz CT molecular complexity index is 1080. The van der Waals surface area contributed by atoms with E-state index in [1.807, 2.05) is 0 Å². The van der Waals surface area contributed by atoms with Gasteiger partial charge < -0.3 is 4.90 Å². The molecule has 0 bridgehead atoms. The maximum atomic E-state index is 13.1. The summed E-state index contributed by atoms with van der Waals surface area (Å²) in [5.41, 5.74) is 0.0222. The number of halogens is 5. The highest BCUT2D eigenvalue weighted by Gasteiger charge is 2.65. The fourth-order valence-electron chi connectivity index (χ4n) is 3.18. The van der Waals surface area contributed by atoms with Crippen molar-refractivity contribution in [3.8, 4) is 0 Å². The molecule has 15 heteroatoms. The fraction of sp³-hybridized carbons (Fsp3) is 0.400. The molecule has 1 amide bonds. The number of piperazine rings is 1. The second kappa shape index (κ2) is 6.37. The van der Waals surface area contributed by atoms with Gasteiger partial charge in [-0.1, -0.05) is 30.7 Å². The van der Waals surface area contributed by atoms with Gasteiger partial charge in [0.25, 0.3) is 5.91 Å². The first-order valence-electron chi connectivity index (χ1n) is 8.54. The highest BCUT2D eigenvalue weighted by molar-refractivity contribution is 8.45. The molecule has 2 atom stereocenters. The standard InChI is InChI=1S/C15H18F5N5O3S2/c1-10-9-25(11(2)8-24(10)15(26)14-7-21-23-22-14)29(27,28)12-4-3-5-13(6-12)30(16,17,18,19)20/h3-7,10-11H,8-9H2,1-2H3,(H,21,22,23)/t10-,11+/m0/s1. The maximum absolute atomic E-state index is 13.1. The van der Waals surface area contributed by atoms with Crippen molar-refractivity contribution in [2.24, 2.45) is 0 Å². The number of nitrogens with zero attached hydrogens (tertiary/aromatic N) is 4. The second-order valence-electron chi connectivity index (χ2n) is 7.03. The third kappa shape index (κ3) is 4.27. The van der Waals surface area contributed by atoms with Crippen molar-refractivity contribution in [3.05, 3.63) is 36.2 Å². The van der Waals surface area contributed by atoms with Crippen molar-refractivity contribution in [2.75, 3.05) is 13.1 Å². The number of sulfonamides is 1. The Morgan fingerprint density at radius 1 is 1.13 bits per heavy atom. The number of H-pyrrole nitrogens is 1. The smallest absolute Gasteiger partial charge is 0.310 e. The van der Waals surface area contributed by atoms with E-state index >= 15 is 0 Å². The zero-order chi connectivity index (χ0) is 22.6. The minimum absolute atomic E-state index is 0.0222. The highest BCUT2D eigenvalue weighted by atomic mass is 32.5. The van der Waals surface area contributed by atoms with Gasteiger partial charge in [-0.05, 0) is 32.0 Å². The lowest BCUT2D eigenvalue weighted by molar-refractivity contribution is 0.0501. The number of benzene rings is 1. The molecular formula is C15H18F5N5O3S2. The van der Waals surface area contributed by atoms with Crippen LogP contribution in [0.5, 0.6) is 0 Å². The predicted molar refractivity (Wildman–Crippen MR) is 98.1 cm³/mol. The molecule has 1 N–H and O–H groups in total. The number of rotatable bonds is 4. The van der Waals surface area contributed by atoms with Crippen LogP contribution in [0.3, 0.4) is 0 Å². The molecule has 1 aromatic heterocycles. The largest absolute Gasteiger partial charge is 0.332 e. The Hall–Kier alpha value is -2.26. The molecule has 0 spiro atoms. The second-order valence-corrected chi connectivity index (χ2v) is 11.3. The van der Waals surface area contributed by atoms with Crippen molar-refractivity contribution in [1.82, 2.24) is 24.6 Å². The number of aromatic nitrogens is 3. The van der Waals surface area contributed by atoms with Crippen LogP contribution < -0.4 is 0 Å². The summed E-state index contributed by atoms with van der Waals surface area (Å²) < 4.78 is 92.3. The summed E-state index contributed by atoms with van der Waals surface area (Å²) in [7, 11) is -14.6. The van der Waals surface area contributed by atoms with Gasteiger partial charge in [0.05, 0.1) is 11.1 Å². The molecule has 2 aromatic rings. The lowest BCUT2D eigenvalue weighted by atomic mass is 10.1. The molecule has 1 saturated heterocycles. The third-order valence-electron chi connectivity index (χ3n) is 4.68. The third-order valence-corrected chi connectivity index (χ3v) is 7.80. The van der Waals surface area contributed by atoms with Crippen LogP contribution in [0.1, 0.15) is 24.3 Å². The van der Waals surface area contributed by atoms with E-state index < -0.39 is 48.0 Å². The summed E-state index contributed by atoms with van der Waals surface area (Å²) in [6.45, 7) is 2.69. The van der Waals surface area contributed by atoms with E-state index in [2.05, 4.69) is 15.4 Å². The summed E-state index contributed by atoms with van der Waals surface area (Å²) in [5.74, 6) is -0.497. The van der Waals surface area contributed by atoms with Crippen molar-refractivity contribution >= 4 is 26.2 Å². The van der Waals surface area contributed by atoms with Crippen molar-refractivity contribution in [1.29, 1.82) is 0 Å². The summed E-state index contributed by atoms with van der Waals surface area (Å²) in [6, 6.07) is 0.0535. The number of hydrogen-bond acceptors (Lipinski definition) is 5. The van der Waals surface area contributed by atoms with E-state index in [-0.39, 0.29) is 30.9 Å². The molecule has 30 heavy (non-hydrogen) atoms. The monoisotopic (exact) mass is 475 g/mol. The Balaban J connectivity index is 1.91. The van der Waals surface area contributed by atoms with Crippen LogP contribution in [0.25, 0.3) is 0 Å². The van der Waals surface area contributed by atoms with Gasteiger partial charge in [-0.3, -0.25) is 9.89 Å². The lowest BCUT2D eigenvalue weighted by Gasteiger charge is -2.43. The predicted octanol–water partition coefficient (Wildman–Crippen LogP) is 3.39. The Labute approximate surface area is 168 Å². The molecule has 168 valence electrons. The highest BCUT2D eigenvalue weighted by Crippen LogP contribution is 3.02. The van der Waals surface area contributed by atoms with Crippen LogP contribution in [0.4, 0.5) is 19.4 Å². The van der Waals surface area contributed by atoms with Gasteiger partial charge in [0.2, 0.25) is 10.0 Å². The Kier molecular flexibility index (Phi) is 4.76. The number of amides is 1. The van der Waals surface area contributed by atoms with Crippen LogP contribution in [0, 0.1) is 0 Å². The summed E-state index contributed by atoms with van der Waals surface area (Å²) in [5, 5.41) is 9.43. The molecule has 1 aromatic carbocycles. The van der Waals surface area contributed by atoms with Crippen LogP contribution in [0.2, 0.25) is 0 Å². The molecule has 0 aliphatic carbocycles. The first kappa shape index (κ1) is 22.4. The minimum Gasteiger partial charge on any atom is -0.332 e. The molecule has 8 nitrogen and oxygen atoms in total. The van der Waals surface area contributed by atoms with Crippen molar-refractivity contribution < 1.29 is 32.6 Å². The SMILES string of the molecule is C[C@@H]1CN(C(=O)c2c[nH]nn2)[C@@H](C)CN1S(=O)(=O)c1cccc(S(F)(F)(F)(F)F)c1. The summed E-state index contributed by atoms with van der Waals surface area (Å²) in [4.78, 5) is 10.7. The topological polar surface area (TPSA) is 99.3 Å². The van der Waals surface area contributed by atoms with Crippen LogP contribution in [0.15, 0.2) is 40.3 Å². The summed E-state index contributed by atoms with van der Waals surface area (Å²) in [6.07, 6.45) is 1.27. The molecular weight excluding hydrogens is 457 g/mol. The Morgan fingerprint density at radius 3 is 2.37 bits per heavy atom.